The molecular formula is C17H28O6S. The van der Waals surface area contributed by atoms with E-state index < -0.39 is 10.1 Å². The summed E-state index contributed by atoms with van der Waals surface area (Å²) in [5, 5.41) is 8.30. The molecule has 0 radical (unpaired) electrons. The molecule has 1 rings (SSSR count). The highest BCUT2D eigenvalue weighted by molar-refractivity contribution is 7.86. The molecule has 6 nitrogen and oxygen atoms in total. The van der Waals surface area contributed by atoms with Gasteiger partial charge in [0.15, 0.2) is 0 Å². The number of hydrogen-bond acceptors (Lipinski definition) is 6. The zero-order chi connectivity index (χ0) is 17.7. The molecule has 0 spiro atoms. The first-order valence-electron chi connectivity index (χ1n) is 8.49. The predicted octanol–water partition coefficient (Wildman–Crippen LogP) is 4.01. The van der Waals surface area contributed by atoms with Gasteiger partial charge in [0, 0.05) is 6.61 Å². The van der Waals surface area contributed by atoms with E-state index in [0.29, 0.717) is 19.0 Å². The highest BCUT2D eigenvalue weighted by Crippen LogP contribution is 2.17. The Morgan fingerprint density at radius 1 is 0.875 bits per heavy atom. The molecule has 0 unspecified atom stereocenters. The van der Waals surface area contributed by atoms with Crippen molar-refractivity contribution in [3.63, 3.8) is 0 Å². The Bertz CT molecular complexity index is 527. The SMILES string of the molecule is CCCCCCCCCOCCOc1ccc(S(=O)(=O)OO)cc1. The van der Waals surface area contributed by atoms with Crippen molar-refractivity contribution in [2.75, 3.05) is 19.8 Å². The minimum absolute atomic E-state index is 0.132. The third kappa shape index (κ3) is 8.63. The predicted molar refractivity (Wildman–Crippen MR) is 91.6 cm³/mol. The number of rotatable bonds is 14. The van der Waals surface area contributed by atoms with Crippen LogP contribution in [0.3, 0.4) is 0 Å². The van der Waals surface area contributed by atoms with Gasteiger partial charge in [0.05, 0.1) is 11.5 Å². The number of ether oxygens (including phenoxy) is 2. The first-order valence-corrected chi connectivity index (χ1v) is 9.89. The smallest absolute Gasteiger partial charge is 0.323 e. The number of hydrogen-bond donors (Lipinski definition) is 1. The summed E-state index contributed by atoms with van der Waals surface area (Å²) < 4.78 is 36.9. The average Bonchev–Trinajstić information content (AvgIpc) is 2.60. The van der Waals surface area contributed by atoms with Crippen molar-refractivity contribution in [2.45, 2.75) is 56.8 Å². The Morgan fingerprint density at radius 2 is 1.50 bits per heavy atom. The summed E-state index contributed by atoms with van der Waals surface area (Å²) in [5.41, 5.74) is 0. The molecule has 0 amide bonds. The topological polar surface area (TPSA) is 82.1 Å². The number of benzene rings is 1. The normalized spacial score (nSPS) is 11.6. The van der Waals surface area contributed by atoms with Gasteiger partial charge in [-0.3, -0.25) is 0 Å². The van der Waals surface area contributed by atoms with Gasteiger partial charge in [-0.2, -0.15) is 8.42 Å². The molecule has 0 fully saturated rings. The summed E-state index contributed by atoms with van der Waals surface area (Å²) in [7, 11) is -4.09. The lowest BCUT2D eigenvalue weighted by molar-refractivity contribution is -0.130. The highest BCUT2D eigenvalue weighted by atomic mass is 32.2. The minimum Gasteiger partial charge on any atom is -0.491 e. The van der Waals surface area contributed by atoms with E-state index in [1.165, 1.54) is 62.8 Å². The van der Waals surface area contributed by atoms with Crippen LogP contribution >= 0.6 is 0 Å². The van der Waals surface area contributed by atoms with E-state index in [4.69, 9.17) is 14.7 Å². The van der Waals surface area contributed by atoms with Crippen molar-refractivity contribution in [1.82, 2.24) is 0 Å². The Kier molecular flexibility index (Phi) is 10.7. The summed E-state index contributed by atoms with van der Waals surface area (Å²) in [6, 6.07) is 5.62. The van der Waals surface area contributed by atoms with Crippen LogP contribution in [0.25, 0.3) is 0 Å². The fraction of sp³-hybridized carbons (Fsp3) is 0.647. The summed E-state index contributed by atoms with van der Waals surface area (Å²) in [6.45, 7) is 3.85. The molecule has 0 saturated carbocycles. The molecule has 1 N–H and O–H groups in total. The average molecular weight is 360 g/mol. The van der Waals surface area contributed by atoms with Crippen LogP contribution in [0.5, 0.6) is 5.75 Å². The monoisotopic (exact) mass is 360 g/mol. The Balaban J connectivity index is 2.05. The maximum Gasteiger partial charge on any atom is 0.323 e. The molecule has 0 atom stereocenters. The van der Waals surface area contributed by atoms with Crippen LogP contribution < -0.4 is 4.74 Å². The molecule has 0 aliphatic rings. The van der Waals surface area contributed by atoms with E-state index in [9.17, 15) is 8.42 Å². The Morgan fingerprint density at radius 3 is 2.12 bits per heavy atom. The Labute approximate surface area is 144 Å². The maximum atomic E-state index is 11.2. The summed E-state index contributed by atoms with van der Waals surface area (Å²) >= 11 is 0. The van der Waals surface area contributed by atoms with Gasteiger partial charge in [-0.15, -0.1) is 4.33 Å². The zero-order valence-corrected chi connectivity index (χ0v) is 15.1. The van der Waals surface area contributed by atoms with E-state index >= 15 is 0 Å². The first-order chi connectivity index (χ1) is 11.6. The summed E-state index contributed by atoms with van der Waals surface area (Å²) in [5.74, 6) is 0.534. The lowest BCUT2D eigenvalue weighted by Crippen LogP contribution is -2.08. The van der Waals surface area contributed by atoms with E-state index in [-0.39, 0.29) is 4.90 Å². The van der Waals surface area contributed by atoms with Gasteiger partial charge in [-0.1, -0.05) is 45.4 Å². The van der Waals surface area contributed by atoms with Gasteiger partial charge in [0.25, 0.3) is 0 Å². The second kappa shape index (κ2) is 12.2. The van der Waals surface area contributed by atoms with Gasteiger partial charge < -0.3 is 9.47 Å². The van der Waals surface area contributed by atoms with E-state index in [2.05, 4.69) is 11.3 Å². The molecule has 1 aromatic carbocycles. The van der Waals surface area contributed by atoms with Crippen molar-refractivity contribution in [1.29, 1.82) is 0 Å². The van der Waals surface area contributed by atoms with Crippen molar-refractivity contribution in [3.05, 3.63) is 24.3 Å². The van der Waals surface area contributed by atoms with Gasteiger partial charge in [-0.05, 0) is 30.7 Å². The molecule has 0 aliphatic carbocycles. The molecule has 7 heteroatoms. The molecule has 0 saturated heterocycles. The van der Waals surface area contributed by atoms with Gasteiger partial charge in [0.2, 0.25) is 0 Å². The molecule has 24 heavy (non-hydrogen) atoms. The fourth-order valence-electron chi connectivity index (χ4n) is 2.23. The lowest BCUT2D eigenvalue weighted by atomic mass is 10.1. The highest BCUT2D eigenvalue weighted by Gasteiger charge is 2.14. The Hall–Kier alpha value is -1.15. The van der Waals surface area contributed by atoms with Crippen molar-refractivity contribution in [3.8, 4) is 5.75 Å². The molecule has 0 bridgehead atoms. The third-order valence-corrected chi connectivity index (χ3v) is 4.64. The minimum atomic E-state index is -4.09. The molecular weight excluding hydrogens is 332 g/mol. The van der Waals surface area contributed by atoms with Crippen LogP contribution in [0.1, 0.15) is 51.9 Å². The van der Waals surface area contributed by atoms with E-state index in [1.807, 2.05) is 0 Å². The summed E-state index contributed by atoms with van der Waals surface area (Å²) in [6.07, 6.45) is 8.78. The maximum absolute atomic E-state index is 11.2. The van der Waals surface area contributed by atoms with Crippen LogP contribution in [0.2, 0.25) is 0 Å². The molecule has 0 aromatic heterocycles. The molecule has 0 aliphatic heterocycles. The van der Waals surface area contributed by atoms with Crippen LogP contribution in [0.4, 0.5) is 0 Å². The van der Waals surface area contributed by atoms with Crippen molar-refractivity contribution >= 4 is 10.1 Å². The van der Waals surface area contributed by atoms with Crippen molar-refractivity contribution < 1.29 is 27.5 Å². The summed E-state index contributed by atoms with van der Waals surface area (Å²) in [4.78, 5) is -0.132. The second-order valence-electron chi connectivity index (χ2n) is 5.58. The molecule has 138 valence electrons. The standard InChI is InChI=1S/C17H28O6S/c1-2-3-4-5-6-7-8-13-21-14-15-22-16-9-11-17(12-10-16)24(19,20)23-18/h9-12,18H,2-8,13-15H2,1H3. The van der Waals surface area contributed by atoms with Crippen LogP contribution in [-0.2, 0) is 19.2 Å². The van der Waals surface area contributed by atoms with Crippen LogP contribution in [-0.4, -0.2) is 33.5 Å². The van der Waals surface area contributed by atoms with E-state index in [1.54, 1.807) is 0 Å². The van der Waals surface area contributed by atoms with Gasteiger partial charge in [0.1, 0.15) is 12.4 Å². The molecule has 1 aromatic rings. The fourth-order valence-corrected chi connectivity index (χ4v) is 2.78. The quantitative estimate of drug-likeness (QED) is 0.307. The van der Waals surface area contributed by atoms with Crippen LogP contribution in [0.15, 0.2) is 29.2 Å². The second-order valence-corrected chi connectivity index (χ2v) is 7.11. The van der Waals surface area contributed by atoms with Gasteiger partial charge in [-0.25, -0.2) is 5.26 Å². The zero-order valence-electron chi connectivity index (χ0n) is 14.3. The largest absolute Gasteiger partial charge is 0.491 e. The van der Waals surface area contributed by atoms with E-state index in [0.717, 1.165) is 13.0 Å². The van der Waals surface area contributed by atoms with Crippen LogP contribution in [0, 0.1) is 0 Å². The lowest BCUT2D eigenvalue weighted by Gasteiger charge is -2.08. The number of unbranched alkanes of at least 4 members (excludes halogenated alkanes) is 6. The van der Waals surface area contributed by atoms with Crippen molar-refractivity contribution in [2.24, 2.45) is 0 Å². The third-order valence-electron chi connectivity index (χ3n) is 3.60. The molecule has 0 heterocycles. The van der Waals surface area contributed by atoms with Gasteiger partial charge >= 0.3 is 10.1 Å². The first kappa shape index (κ1) is 20.9.